The maximum atomic E-state index is 12.7. The van der Waals surface area contributed by atoms with E-state index < -0.39 is 6.10 Å². The maximum absolute atomic E-state index is 12.7. The van der Waals surface area contributed by atoms with Crippen LogP contribution in [0.3, 0.4) is 0 Å². The minimum absolute atomic E-state index is 0.0624. The van der Waals surface area contributed by atoms with Crippen LogP contribution in [-0.4, -0.2) is 37.9 Å². The van der Waals surface area contributed by atoms with E-state index in [9.17, 15) is 9.59 Å². The van der Waals surface area contributed by atoms with Gasteiger partial charge < -0.3 is 14.2 Å². The smallest absolute Gasteiger partial charge is 0.306 e. The second-order valence-electron chi connectivity index (χ2n) is 15.6. The Kier molecular flexibility index (Phi) is 45.0. The maximum Gasteiger partial charge on any atom is 0.306 e. The van der Waals surface area contributed by atoms with Crippen LogP contribution >= 0.6 is 0 Å². The summed E-state index contributed by atoms with van der Waals surface area (Å²) in [7, 11) is 0. The number of allylic oxidation sites excluding steroid dienone is 10. The van der Waals surface area contributed by atoms with E-state index >= 15 is 0 Å². The third-order valence-corrected chi connectivity index (χ3v) is 10.0. The lowest BCUT2D eigenvalue weighted by Gasteiger charge is -2.18. The van der Waals surface area contributed by atoms with Crippen LogP contribution in [0.25, 0.3) is 0 Å². The second kappa shape index (κ2) is 47.0. The third-order valence-electron chi connectivity index (χ3n) is 10.0. The lowest BCUT2D eigenvalue weighted by atomic mass is 10.1. The molecule has 0 saturated heterocycles. The topological polar surface area (TPSA) is 61.8 Å². The molecule has 5 heteroatoms. The molecule has 0 aromatic rings. The van der Waals surface area contributed by atoms with Gasteiger partial charge in [0, 0.05) is 19.4 Å². The first-order valence-corrected chi connectivity index (χ1v) is 23.8. The van der Waals surface area contributed by atoms with E-state index in [1.54, 1.807) is 0 Å². The molecule has 0 amide bonds. The molecule has 0 aromatic carbocycles. The van der Waals surface area contributed by atoms with Crippen molar-refractivity contribution in [1.82, 2.24) is 0 Å². The summed E-state index contributed by atoms with van der Waals surface area (Å²) < 4.78 is 17.3. The van der Waals surface area contributed by atoms with Gasteiger partial charge in [0.15, 0.2) is 6.10 Å². The number of ether oxygens (including phenoxy) is 3. The standard InChI is InChI=1S/C51H90O5/c1-4-7-10-13-16-19-22-24-26-27-30-32-35-38-41-44-50(52)55-48-49(56-51(53)45-42-39-36-33-29-21-18-15-12-9-6-3)47-54-46-43-40-37-34-31-28-25-23-20-17-14-11-8-5-2/h7,10,16,19-20,23-24,26,30,32,49H,4-6,8-9,11-15,17-18,21-22,25,27-29,31,33-48H2,1-3H3/b10-7-,19-16-,23-20-,26-24-,32-30-. The molecule has 0 radical (unpaired) electrons. The molecule has 1 unspecified atom stereocenters. The Balaban J connectivity index is 4.32. The average molecular weight is 783 g/mol. The molecule has 5 nitrogen and oxygen atoms in total. The van der Waals surface area contributed by atoms with Gasteiger partial charge in [-0.3, -0.25) is 9.59 Å². The van der Waals surface area contributed by atoms with Crippen LogP contribution in [0.4, 0.5) is 0 Å². The first-order valence-electron chi connectivity index (χ1n) is 23.8. The van der Waals surface area contributed by atoms with Crippen molar-refractivity contribution in [3.8, 4) is 0 Å². The summed E-state index contributed by atoms with van der Waals surface area (Å²) in [5.74, 6) is -0.445. The lowest BCUT2D eigenvalue weighted by Crippen LogP contribution is -2.30. The molecule has 0 fully saturated rings. The van der Waals surface area contributed by atoms with Crippen molar-refractivity contribution in [2.24, 2.45) is 0 Å². The van der Waals surface area contributed by atoms with Gasteiger partial charge in [-0.15, -0.1) is 0 Å². The van der Waals surface area contributed by atoms with E-state index in [1.165, 1.54) is 122 Å². The van der Waals surface area contributed by atoms with E-state index in [2.05, 4.69) is 81.5 Å². The van der Waals surface area contributed by atoms with Crippen LogP contribution in [-0.2, 0) is 23.8 Å². The minimum atomic E-state index is -0.553. The van der Waals surface area contributed by atoms with Crippen LogP contribution in [0, 0.1) is 0 Å². The van der Waals surface area contributed by atoms with Crippen molar-refractivity contribution in [2.45, 2.75) is 232 Å². The van der Waals surface area contributed by atoms with Gasteiger partial charge in [-0.05, 0) is 83.5 Å². The number of hydrogen-bond acceptors (Lipinski definition) is 5. The number of hydrogen-bond donors (Lipinski definition) is 0. The lowest BCUT2D eigenvalue weighted by molar-refractivity contribution is -0.163. The first kappa shape index (κ1) is 53.6. The number of esters is 2. The summed E-state index contributed by atoms with van der Waals surface area (Å²) in [6.45, 7) is 7.65. The van der Waals surface area contributed by atoms with Crippen molar-refractivity contribution < 1.29 is 23.8 Å². The van der Waals surface area contributed by atoms with Gasteiger partial charge in [0.1, 0.15) is 6.61 Å². The quantitative estimate of drug-likeness (QED) is 0.0350. The van der Waals surface area contributed by atoms with Crippen LogP contribution in [0.15, 0.2) is 60.8 Å². The van der Waals surface area contributed by atoms with Gasteiger partial charge in [0.05, 0.1) is 6.61 Å². The zero-order valence-electron chi connectivity index (χ0n) is 37.1. The monoisotopic (exact) mass is 783 g/mol. The molecule has 1 atom stereocenters. The fourth-order valence-corrected chi connectivity index (χ4v) is 6.49. The Hall–Kier alpha value is -2.40. The zero-order chi connectivity index (χ0) is 40.7. The second-order valence-corrected chi connectivity index (χ2v) is 15.6. The molecule has 0 heterocycles. The van der Waals surface area contributed by atoms with Crippen molar-refractivity contribution >= 4 is 11.9 Å². The SMILES string of the molecule is CC/C=C\C/C=C\C/C=C\C/C=C\CCCCC(=O)OCC(COCCCCCCCC/C=C\CCCCCC)OC(=O)CCCCCCCCCCCCC. The predicted octanol–water partition coefficient (Wildman–Crippen LogP) is 15.8. The van der Waals surface area contributed by atoms with Crippen molar-refractivity contribution in [2.75, 3.05) is 19.8 Å². The van der Waals surface area contributed by atoms with E-state index in [0.29, 0.717) is 19.4 Å². The third kappa shape index (κ3) is 44.3. The Morgan fingerprint density at radius 3 is 1.36 bits per heavy atom. The summed E-state index contributed by atoms with van der Waals surface area (Å²) in [4.78, 5) is 25.3. The molecule has 0 bridgehead atoms. The molecule has 0 aliphatic heterocycles. The molecule has 0 aromatic heterocycles. The first-order chi connectivity index (χ1) is 27.6. The van der Waals surface area contributed by atoms with Gasteiger partial charge in [-0.25, -0.2) is 0 Å². The van der Waals surface area contributed by atoms with Gasteiger partial charge in [-0.2, -0.15) is 0 Å². The molecule has 324 valence electrons. The predicted molar refractivity (Wildman–Crippen MR) is 242 cm³/mol. The number of carbonyl (C=O) groups excluding carboxylic acids is 2. The number of rotatable bonds is 43. The highest BCUT2D eigenvalue weighted by molar-refractivity contribution is 5.70. The fraction of sp³-hybridized carbons (Fsp3) is 0.765. The van der Waals surface area contributed by atoms with Gasteiger partial charge >= 0.3 is 11.9 Å². The summed E-state index contributed by atoms with van der Waals surface area (Å²) in [5, 5.41) is 0. The van der Waals surface area contributed by atoms with Gasteiger partial charge in [0.25, 0.3) is 0 Å². The minimum Gasteiger partial charge on any atom is -0.462 e. The molecular weight excluding hydrogens is 693 g/mol. The van der Waals surface area contributed by atoms with Gasteiger partial charge in [0.2, 0.25) is 0 Å². The van der Waals surface area contributed by atoms with E-state index in [0.717, 1.165) is 70.6 Å². The molecule has 0 aliphatic rings. The molecule has 0 saturated carbocycles. The highest BCUT2D eigenvalue weighted by Gasteiger charge is 2.17. The summed E-state index contributed by atoms with van der Waals surface area (Å²) in [5.41, 5.74) is 0. The van der Waals surface area contributed by atoms with Crippen LogP contribution in [0.5, 0.6) is 0 Å². The molecule has 0 rings (SSSR count). The fourth-order valence-electron chi connectivity index (χ4n) is 6.49. The van der Waals surface area contributed by atoms with E-state index in [1.807, 2.05) is 0 Å². The summed E-state index contributed by atoms with van der Waals surface area (Å²) >= 11 is 0. The van der Waals surface area contributed by atoms with Crippen LogP contribution in [0.2, 0.25) is 0 Å². The Morgan fingerprint density at radius 1 is 0.411 bits per heavy atom. The molecule has 0 aliphatic carbocycles. The largest absolute Gasteiger partial charge is 0.462 e. The summed E-state index contributed by atoms with van der Waals surface area (Å²) in [6.07, 6.45) is 57.9. The van der Waals surface area contributed by atoms with E-state index in [-0.39, 0.29) is 25.2 Å². The zero-order valence-corrected chi connectivity index (χ0v) is 37.1. The number of unbranched alkanes of at least 4 members (excludes halogenated alkanes) is 22. The highest BCUT2D eigenvalue weighted by Crippen LogP contribution is 2.14. The van der Waals surface area contributed by atoms with Crippen LogP contribution in [0.1, 0.15) is 226 Å². The molecule has 0 spiro atoms. The summed E-state index contributed by atoms with van der Waals surface area (Å²) in [6, 6.07) is 0. The van der Waals surface area contributed by atoms with Crippen LogP contribution < -0.4 is 0 Å². The Bertz CT molecular complexity index is 977. The molecule has 56 heavy (non-hydrogen) atoms. The molecule has 0 N–H and O–H groups in total. The van der Waals surface area contributed by atoms with E-state index in [4.69, 9.17) is 14.2 Å². The van der Waals surface area contributed by atoms with Crippen molar-refractivity contribution in [1.29, 1.82) is 0 Å². The Morgan fingerprint density at radius 2 is 0.804 bits per heavy atom. The van der Waals surface area contributed by atoms with Crippen molar-refractivity contribution in [3.63, 3.8) is 0 Å². The molecular formula is C51H90O5. The number of carbonyl (C=O) groups is 2. The normalized spacial score (nSPS) is 12.7. The average Bonchev–Trinajstić information content (AvgIpc) is 3.20. The highest BCUT2D eigenvalue weighted by atomic mass is 16.6. The Labute approximate surface area is 347 Å². The van der Waals surface area contributed by atoms with Crippen molar-refractivity contribution in [3.05, 3.63) is 60.8 Å². The van der Waals surface area contributed by atoms with Gasteiger partial charge in [-0.1, -0.05) is 191 Å².